The average Bonchev–Trinajstić information content (AvgIpc) is 2.40. The van der Waals surface area contributed by atoms with Gasteiger partial charge in [0.25, 0.3) is 10.1 Å². The van der Waals surface area contributed by atoms with Gasteiger partial charge in [-0.05, 0) is 24.3 Å². The highest BCUT2D eigenvalue weighted by Gasteiger charge is 2.40. The van der Waals surface area contributed by atoms with Crippen LogP contribution in [0, 0.1) is 5.92 Å². The third-order valence-electron chi connectivity index (χ3n) is 4.11. The molecule has 0 aromatic heterocycles. The molecule has 3 aliphatic heterocycles. The van der Waals surface area contributed by atoms with Crippen molar-refractivity contribution in [1.82, 2.24) is 0 Å². The number of benzene rings is 1. The highest BCUT2D eigenvalue weighted by atomic mass is 79.9. The summed E-state index contributed by atoms with van der Waals surface area (Å²) in [7, 11) is -3.63. The number of hydrogen-bond acceptors (Lipinski definition) is 3. The van der Waals surface area contributed by atoms with E-state index in [1.165, 1.54) is 4.90 Å². The molecular weight excluding hydrogens is 330 g/mol. The molecule has 0 amide bonds. The quantitative estimate of drug-likeness (QED) is 0.824. The summed E-state index contributed by atoms with van der Waals surface area (Å²) in [6.07, 6.45) is 2.01. The van der Waals surface area contributed by atoms with Crippen molar-refractivity contribution >= 4 is 26.0 Å². The molecule has 0 unspecified atom stereocenters. The highest BCUT2D eigenvalue weighted by molar-refractivity contribution is 9.10. The van der Waals surface area contributed by atoms with Crippen LogP contribution in [0.25, 0.3) is 0 Å². The minimum atomic E-state index is -3.63. The van der Waals surface area contributed by atoms with Gasteiger partial charge in [-0.15, -0.1) is 0 Å². The molecule has 104 valence electrons. The average molecular weight is 347 g/mol. The largest absolute Gasteiger partial charge is 0.333 e. The van der Waals surface area contributed by atoms with Crippen LogP contribution in [0.2, 0.25) is 0 Å². The fourth-order valence-electron chi connectivity index (χ4n) is 3.01. The van der Waals surface area contributed by atoms with Gasteiger partial charge in [-0.1, -0.05) is 15.9 Å². The fraction of sp³-hybridized carbons (Fsp3) is 0.538. The Hall–Kier alpha value is -0.430. The van der Waals surface area contributed by atoms with Crippen LogP contribution in [0.1, 0.15) is 12.8 Å². The summed E-state index contributed by atoms with van der Waals surface area (Å²) in [6.45, 7) is 3.13. The van der Waals surface area contributed by atoms with Gasteiger partial charge in [-0.2, -0.15) is 8.42 Å². The lowest BCUT2D eigenvalue weighted by atomic mass is 9.86. The lowest BCUT2D eigenvalue weighted by Gasteiger charge is -2.40. The third kappa shape index (κ3) is 2.86. The van der Waals surface area contributed by atoms with Crippen molar-refractivity contribution < 1.29 is 17.5 Å². The highest BCUT2D eigenvalue weighted by Crippen LogP contribution is 2.25. The minimum absolute atomic E-state index is 0.147. The Labute approximate surface area is 122 Å². The number of quaternary nitrogens is 1. The summed E-state index contributed by atoms with van der Waals surface area (Å²) >= 11 is 3.30. The third-order valence-corrected chi connectivity index (χ3v) is 5.98. The molecule has 1 aromatic rings. The lowest BCUT2D eigenvalue weighted by Crippen LogP contribution is -3.16. The Morgan fingerprint density at radius 3 is 2.32 bits per heavy atom. The molecule has 3 aliphatic rings. The molecular formula is C13H17BrNO3S+. The van der Waals surface area contributed by atoms with Crippen molar-refractivity contribution in [2.24, 2.45) is 5.92 Å². The SMILES string of the molecule is O=S(=O)(O[C@H]1C[NH+]2CCC1CC2)c1ccc(Br)cc1. The van der Waals surface area contributed by atoms with Gasteiger partial charge in [0.1, 0.15) is 12.6 Å². The zero-order valence-corrected chi connectivity index (χ0v) is 12.9. The van der Waals surface area contributed by atoms with E-state index in [2.05, 4.69) is 15.9 Å². The Morgan fingerprint density at radius 2 is 1.79 bits per heavy atom. The number of halogens is 1. The standard InChI is InChI=1S/C13H16BrNO3S/c14-11-1-3-12(4-2-11)19(16,17)18-13-9-15-7-5-10(13)6-8-15/h1-4,10,13H,5-9H2/p+1/t13-/m0/s1. The Kier molecular flexibility index (Phi) is 3.68. The molecule has 0 saturated carbocycles. The fourth-order valence-corrected chi connectivity index (χ4v) is 4.40. The monoisotopic (exact) mass is 346 g/mol. The van der Waals surface area contributed by atoms with E-state index in [0.717, 1.165) is 36.9 Å². The van der Waals surface area contributed by atoms with Gasteiger partial charge >= 0.3 is 0 Å². The molecule has 1 atom stereocenters. The summed E-state index contributed by atoms with van der Waals surface area (Å²) in [4.78, 5) is 1.71. The first-order valence-electron chi connectivity index (χ1n) is 6.57. The number of nitrogens with one attached hydrogen (secondary N) is 1. The first kappa shape index (κ1) is 13.5. The van der Waals surface area contributed by atoms with Gasteiger partial charge in [0.05, 0.1) is 18.0 Å². The van der Waals surface area contributed by atoms with Crippen molar-refractivity contribution in [1.29, 1.82) is 0 Å². The van der Waals surface area contributed by atoms with Crippen LogP contribution in [-0.4, -0.2) is 34.2 Å². The smallest absolute Gasteiger partial charge is 0.297 e. The minimum Gasteiger partial charge on any atom is -0.333 e. The first-order valence-corrected chi connectivity index (χ1v) is 8.77. The van der Waals surface area contributed by atoms with Crippen LogP contribution in [0.4, 0.5) is 0 Å². The van der Waals surface area contributed by atoms with E-state index in [0.29, 0.717) is 5.92 Å². The molecule has 4 rings (SSSR count). The van der Waals surface area contributed by atoms with Crippen LogP contribution < -0.4 is 4.90 Å². The summed E-state index contributed by atoms with van der Waals surface area (Å²) < 4.78 is 30.8. The second kappa shape index (κ2) is 5.16. The van der Waals surface area contributed by atoms with Crippen molar-refractivity contribution in [3.8, 4) is 0 Å². The Bertz CT molecular complexity index is 550. The molecule has 0 radical (unpaired) electrons. The molecule has 0 spiro atoms. The number of fused-ring (bicyclic) bond motifs is 3. The molecule has 4 nitrogen and oxygen atoms in total. The molecule has 3 fully saturated rings. The maximum absolute atomic E-state index is 12.2. The van der Waals surface area contributed by atoms with E-state index in [1.807, 2.05) is 0 Å². The molecule has 2 bridgehead atoms. The number of rotatable bonds is 3. The van der Waals surface area contributed by atoms with Crippen LogP contribution in [0.5, 0.6) is 0 Å². The zero-order chi connectivity index (χ0) is 13.5. The zero-order valence-electron chi connectivity index (χ0n) is 10.5. The lowest BCUT2D eigenvalue weighted by molar-refractivity contribution is -0.920. The van der Waals surface area contributed by atoms with E-state index >= 15 is 0 Å². The normalized spacial score (nSPS) is 30.5. The van der Waals surface area contributed by atoms with Gasteiger partial charge in [0.2, 0.25) is 0 Å². The predicted molar refractivity (Wildman–Crippen MR) is 74.5 cm³/mol. The maximum Gasteiger partial charge on any atom is 0.297 e. The van der Waals surface area contributed by atoms with Crippen molar-refractivity contribution in [2.75, 3.05) is 19.6 Å². The molecule has 1 N–H and O–H groups in total. The first-order chi connectivity index (χ1) is 9.04. The molecule has 6 heteroatoms. The van der Waals surface area contributed by atoms with E-state index in [4.69, 9.17) is 4.18 Å². The molecule has 19 heavy (non-hydrogen) atoms. The number of hydrogen-bond donors (Lipinski definition) is 1. The predicted octanol–water partition coefficient (Wildman–Crippen LogP) is 0.831. The van der Waals surface area contributed by atoms with Crippen LogP contribution >= 0.6 is 15.9 Å². The van der Waals surface area contributed by atoms with Gasteiger partial charge in [-0.3, -0.25) is 4.18 Å². The van der Waals surface area contributed by atoms with Crippen molar-refractivity contribution in [3.63, 3.8) is 0 Å². The summed E-state index contributed by atoms with van der Waals surface area (Å²) in [5.74, 6) is 0.405. The molecule has 1 aromatic carbocycles. The van der Waals surface area contributed by atoms with Crippen molar-refractivity contribution in [3.05, 3.63) is 28.7 Å². The Morgan fingerprint density at radius 1 is 1.16 bits per heavy atom. The van der Waals surface area contributed by atoms with Crippen LogP contribution in [0.15, 0.2) is 33.6 Å². The molecule has 3 heterocycles. The second-order valence-electron chi connectivity index (χ2n) is 5.33. The molecule has 0 aliphatic carbocycles. The summed E-state index contributed by atoms with van der Waals surface area (Å²) in [5.41, 5.74) is 0. The number of piperidine rings is 3. The second-order valence-corrected chi connectivity index (χ2v) is 7.82. The van der Waals surface area contributed by atoms with Gasteiger partial charge in [0, 0.05) is 23.2 Å². The van der Waals surface area contributed by atoms with E-state index in [-0.39, 0.29) is 11.0 Å². The van der Waals surface area contributed by atoms with Gasteiger partial charge in [0.15, 0.2) is 0 Å². The van der Waals surface area contributed by atoms with Gasteiger partial charge < -0.3 is 4.90 Å². The summed E-state index contributed by atoms with van der Waals surface area (Å²) in [6, 6.07) is 6.59. The summed E-state index contributed by atoms with van der Waals surface area (Å²) in [5, 5.41) is 0. The van der Waals surface area contributed by atoms with E-state index in [9.17, 15) is 8.42 Å². The van der Waals surface area contributed by atoms with Gasteiger partial charge in [-0.25, -0.2) is 0 Å². The van der Waals surface area contributed by atoms with E-state index in [1.54, 1.807) is 24.3 Å². The molecule has 3 saturated heterocycles. The van der Waals surface area contributed by atoms with Crippen molar-refractivity contribution in [2.45, 2.75) is 23.8 Å². The van der Waals surface area contributed by atoms with Crippen LogP contribution in [-0.2, 0) is 14.3 Å². The Balaban J connectivity index is 1.76. The van der Waals surface area contributed by atoms with Crippen LogP contribution in [0.3, 0.4) is 0 Å². The maximum atomic E-state index is 12.2. The van der Waals surface area contributed by atoms with E-state index < -0.39 is 10.1 Å². The topological polar surface area (TPSA) is 47.8 Å².